The molecule has 0 saturated heterocycles. The molecular formula is C7H12O7. The smallest absolute Gasteiger partial charge is 0.226 e. The number of ketones is 1. The lowest BCUT2D eigenvalue weighted by Gasteiger charge is -2.23. The molecule has 0 saturated carbocycles. The maximum atomic E-state index is 10.5. The molecule has 0 aromatic heterocycles. The highest BCUT2D eigenvalue weighted by Gasteiger charge is 2.33. The van der Waals surface area contributed by atoms with Crippen molar-refractivity contribution in [3.63, 3.8) is 0 Å². The third-order valence-corrected chi connectivity index (χ3v) is 1.66. The molecule has 82 valence electrons. The highest BCUT2D eigenvalue weighted by molar-refractivity contribution is 6.27. The molecule has 7 heteroatoms. The van der Waals surface area contributed by atoms with Gasteiger partial charge in [0.1, 0.15) is 24.4 Å². The summed E-state index contributed by atoms with van der Waals surface area (Å²) in [4.78, 5) is 20.4. The van der Waals surface area contributed by atoms with Crippen LogP contribution in [0.3, 0.4) is 0 Å². The van der Waals surface area contributed by atoms with Crippen molar-refractivity contribution in [3.05, 3.63) is 0 Å². The van der Waals surface area contributed by atoms with E-state index in [0.29, 0.717) is 0 Å². The molecule has 0 radical (unpaired) electrons. The van der Waals surface area contributed by atoms with Crippen LogP contribution in [0.5, 0.6) is 0 Å². The van der Waals surface area contributed by atoms with E-state index in [2.05, 4.69) is 0 Å². The zero-order valence-electron chi connectivity index (χ0n) is 7.15. The second-order valence-corrected chi connectivity index (χ2v) is 2.70. The Balaban J connectivity index is 4.37. The fraction of sp³-hybridized carbons (Fsp3) is 0.714. The lowest BCUT2D eigenvalue weighted by atomic mass is 10.0. The Kier molecular flexibility index (Phi) is 5.43. The Hall–Kier alpha value is -0.860. The molecule has 7 nitrogen and oxygen atoms in total. The molecule has 0 aromatic rings. The second-order valence-electron chi connectivity index (χ2n) is 2.70. The number of Topliss-reactive ketones (excluding diaryl/α,β-unsaturated/α-hetero) is 1. The van der Waals surface area contributed by atoms with E-state index >= 15 is 0 Å². The van der Waals surface area contributed by atoms with E-state index in [4.69, 9.17) is 25.5 Å². The molecule has 0 aliphatic rings. The topological polar surface area (TPSA) is 135 Å². The monoisotopic (exact) mass is 208 g/mol. The summed E-state index contributed by atoms with van der Waals surface area (Å²) in [5.74, 6) is -1.32. The van der Waals surface area contributed by atoms with Crippen LogP contribution in [0.25, 0.3) is 0 Å². The zero-order valence-corrected chi connectivity index (χ0v) is 7.15. The first kappa shape index (κ1) is 13.1. The molecule has 0 aliphatic carbocycles. The molecule has 0 aliphatic heterocycles. The van der Waals surface area contributed by atoms with E-state index in [1.54, 1.807) is 0 Å². The van der Waals surface area contributed by atoms with Gasteiger partial charge in [-0.1, -0.05) is 0 Å². The van der Waals surface area contributed by atoms with Crippen LogP contribution in [0, 0.1) is 0 Å². The minimum Gasteiger partial charge on any atom is -0.394 e. The summed E-state index contributed by atoms with van der Waals surface area (Å²) in [5, 5.41) is 44.2. The van der Waals surface area contributed by atoms with Gasteiger partial charge in [-0.15, -0.1) is 0 Å². The summed E-state index contributed by atoms with van der Waals surface area (Å²) in [6.07, 6.45) is -7.94. The van der Waals surface area contributed by atoms with E-state index in [-0.39, 0.29) is 6.29 Å². The molecule has 0 spiro atoms. The molecule has 0 amide bonds. The first-order chi connectivity index (χ1) is 6.45. The van der Waals surface area contributed by atoms with Crippen molar-refractivity contribution in [2.24, 2.45) is 0 Å². The summed E-state index contributed by atoms with van der Waals surface area (Å²) in [6.45, 7) is -0.847. The highest BCUT2D eigenvalue weighted by Crippen LogP contribution is 2.05. The van der Waals surface area contributed by atoms with Gasteiger partial charge in [0, 0.05) is 0 Å². The zero-order chi connectivity index (χ0) is 11.3. The number of carbonyl (C=O) groups excluding carboxylic acids is 2. The molecule has 1 unspecified atom stereocenters. The third kappa shape index (κ3) is 3.13. The molecule has 14 heavy (non-hydrogen) atoms. The van der Waals surface area contributed by atoms with Crippen molar-refractivity contribution in [2.75, 3.05) is 6.61 Å². The van der Waals surface area contributed by atoms with Crippen molar-refractivity contribution in [2.45, 2.75) is 24.4 Å². The molecule has 0 rings (SSSR count). The van der Waals surface area contributed by atoms with Crippen LogP contribution in [-0.4, -0.2) is 68.6 Å². The number of carbonyl (C=O) groups is 2. The van der Waals surface area contributed by atoms with Gasteiger partial charge in [-0.2, -0.15) is 0 Å². The van der Waals surface area contributed by atoms with Crippen molar-refractivity contribution >= 4 is 12.1 Å². The highest BCUT2D eigenvalue weighted by atomic mass is 16.4. The van der Waals surface area contributed by atoms with Crippen molar-refractivity contribution in [1.29, 1.82) is 0 Å². The molecule has 5 N–H and O–H groups in total. The van der Waals surface area contributed by atoms with Gasteiger partial charge in [-0.05, 0) is 0 Å². The Morgan fingerprint density at radius 1 is 1.14 bits per heavy atom. The predicted octanol–water partition coefficient (Wildman–Crippen LogP) is -3.81. The SMILES string of the molecule is O=CC(=O)[C@H](O)[C@@H](O)[C@H](O)C(O)CO. The number of aliphatic hydroxyl groups excluding tert-OH is 5. The second kappa shape index (κ2) is 5.78. The van der Waals surface area contributed by atoms with Gasteiger partial charge < -0.3 is 25.5 Å². The van der Waals surface area contributed by atoms with Crippen LogP contribution < -0.4 is 0 Å². The van der Waals surface area contributed by atoms with Gasteiger partial charge in [-0.25, -0.2) is 0 Å². The maximum Gasteiger partial charge on any atom is 0.226 e. The summed E-state index contributed by atoms with van der Waals surface area (Å²) in [5.41, 5.74) is 0. The molecule has 0 aromatic carbocycles. The Morgan fingerprint density at radius 3 is 2.00 bits per heavy atom. The molecule has 0 bridgehead atoms. The average molecular weight is 208 g/mol. The third-order valence-electron chi connectivity index (χ3n) is 1.66. The van der Waals surface area contributed by atoms with Gasteiger partial charge in [0.25, 0.3) is 0 Å². The first-order valence-electron chi connectivity index (χ1n) is 3.77. The molecule has 0 fully saturated rings. The number of rotatable bonds is 6. The quantitative estimate of drug-likeness (QED) is 0.223. The Morgan fingerprint density at radius 2 is 1.64 bits per heavy atom. The van der Waals surface area contributed by atoms with Gasteiger partial charge in [0.05, 0.1) is 6.61 Å². The summed E-state index contributed by atoms with van der Waals surface area (Å²) >= 11 is 0. The fourth-order valence-electron chi connectivity index (χ4n) is 0.760. The van der Waals surface area contributed by atoms with E-state index in [1.165, 1.54) is 0 Å². The van der Waals surface area contributed by atoms with Crippen LogP contribution in [0.4, 0.5) is 0 Å². The largest absolute Gasteiger partial charge is 0.394 e. The van der Waals surface area contributed by atoms with E-state index in [9.17, 15) is 9.59 Å². The van der Waals surface area contributed by atoms with E-state index in [1.807, 2.05) is 0 Å². The summed E-state index contributed by atoms with van der Waals surface area (Å²) in [6, 6.07) is 0. The Labute approximate surface area is 79.2 Å². The van der Waals surface area contributed by atoms with Crippen LogP contribution in [0.2, 0.25) is 0 Å². The van der Waals surface area contributed by atoms with Crippen LogP contribution in [0.15, 0.2) is 0 Å². The van der Waals surface area contributed by atoms with Gasteiger partial charge in [0.2, 0.25) is 5.78 Å². The first-order valence-corrected chi connectivity index (χ1v) is 3.77. The van der Waals surface area contributed by atoms with Crippen molar-refractivity contribution in [1.82, 2.24) is 0 Å². The van der Waals surface area contributed by atoms with Gasteiger partial charge >= 0.3 is 0 Å². The lowest BCUT2D eigenvalue weighted by molar-refractivity contribution is -0.150. The number of hydrogen-bond acceptors (Lipinski definition) is 7. The van der Waals surface area contributed by atoms with Crippen LogP contribution >= 0.6 is 0 Å². The number of aliphatic hydroxyl groups is 5. The normalized spacial score (nSPS) is 19.5. The number of aldehydes is 1. The lowest BCUT2D eigenvalue weighted by Crippen LogP contribution is -2.48. The summed E-state index contributed by atoms with van der Waals surface area (Å²) in [7, 11) is 0. The Bertz CT molecular complexity index is 204. The van der Waals surface area contributed by atoms with Crippen LogP contribution in [0.1, 0.15) is 0 Å². The van der Waals surface area contributed by atoms with Crippen molar-refractivity contribution < 1.29 is 35.1 Å². The molecule has 4 atom stereocenters. The maximum absolute atomic E-state index is 10.5. The fourth-order valence-corrected chi connectivity index (χ4v) is 0.760. The molecule has 0 heterocycles. The van der Waals surface area contributed by atoms with Gasteiger partial charge in [0.15, 0.2) is 6.29 Å². The van der Waals surface area contributed by atoms with E-state index < -0.39 is 36.8 Å². The molecular weight excluding hydrogens is 196 g/mol. The summed E-state index contributed by atoms with van der Waals surface area (Å²) < 4.78 is 0. The van der Waals surface area contributed by atoms with Crippen molar-refractivity contribution in [3.8, 4) is 0 Å². The van der Waals surface area contributed by atoms with Gasteiger partial charge in [-0.3, -0.25) is 9.59 Å². The predicted molar refractivity (Wildman–Crippen MR) is 42.2 cm³/mol. The minimum atomic E-state index is -2.11. The average Bonchev–Trinajstić information content (AvgIpc) is 2.23. The number of hydrogen-bond donors (Lipinski definition) is 5. The van der Waals surface area contributed by atoms with Crippen LogP contribution in [-0.2, 0) is 9.59 Å². The van der Waals surface area contributed by atoms with E-state index in [0.717, 1.165) is 0 Å². The standard InChI is InChI=1S/C7H12O7/c8-1-3(10)5(12)7(14)6(13)4(11)2-9/h1,4-7,9,11-14H,2H2/t4?,5-,6+,7+/m0/s1. The minimum absolute atomic E-state index is 0.216.